The lowest BCUT2D eigenvalue weighted by Crippen LogP contribution is -2.41. The Bertz CT molecular complexity index is 502. The van der Waals surface area contributed by atoms with E-state index in [-0.39, 0.29) is 11.7 Å². The van der Waals surface area contributed by atoms with E-state index in [9.17, 15) is 4.79 Å². The van der Waals surface area contributed by atoms with Crippen LogP contribution in [0, 0.1) is 5.92 Å². The third-order valence-corrected chi connectivity index (χ3v) is 3.19. The molecule has 6 nitrogen and oxygen atoms in total. The number of hydrogen-bond donors (Lipinski definition) is 2. The summed E-state index contributed by atoms with van der Waals surface area (Å²) in [6.07, 6.45) is 0. The Morgan fingerprint density at radius 1 is 1.53 bits per heavy atom. The quantitative estimate of drug-likeness (QED) is 0.357. The lowest BCUT2D eigenvalue weighted by molar-refractivity contribution is -0.133. The first kappa shape index (κ1) is 13.2. The van der Waals surface area contributed by atoms with Gasteiger partial charge in [-0.15, -0.1) is 0 Å². The minimum absolute atomic E-state index is 0.0801. The monoisotopic (exact) mass is 263 g/mol. The van der Waals surface area contributed by atoms with Gasteiger partial charge < -0.3 is 20.6 Å². The van der Waals surface area contributed by atoms with Crippen LogP contribution in [0.1, 0.15) is 12.5 Å². The highest BCUT2D eigenvalue weighted by Gasteiger charge is 2.26. The van der Waals surface area contributed by atoms with Crippen LogP contribution < -0.4 is 10.5 Å². The second kappa shape index (κ2) is 5.60. The van der Waals surface area contributed by atoms with Gasteiger partial charge in [-0.1, -0.05) is 23.4 Å². The fourth-order valence-corrected chi connectivity index (χ4v) is 2.00. The summed E-state index contributed by atoms with van der Waals surface area (Å²) < 4.78 is 5.59. The van der Waals surface area contributed by atoms with Crippen molar-refractivity contribution in [2.45, 2.75) is 13.5 Å². The van der Waals surface area contributed by atoms with Crippen LogP contribution in [0.15, 0.2) is 29.4 Å². The standard InChI is InChI=1S/C13H17N3O3/c1-9(12(14)15-18)13(17)16-6-7-19-11-5-3-2-4-10(11)8-16/h2-5,9,18H,6-8H2,1H3,(H2,14,15). The van der Waals surface area contributed by atoms with Crippen molar-refractivity contribution < 1.29 is 14.7 Å². The van der Waals surface area contributed by atoms with Crippen molar-refractivity contribution >= 4 is 11.7 Å². The highest BCUT2D eigenvalue weighted by atomic mass is 16.5. The van der Waals surface area contributed by atoms with Gasteiger partial charge in [-0.2, -0.15) is 0 Å². The van der Waals surface area contributed by atoms with Crippen molar-refractivity contribution in [3.63, 3.8) is 0 Å². The molecule has 102 valence electrons. The Kier molecular flexibility index (Phi) is 3.89. The first-order chi connectivity index (χ1) is 9.13. The van der Waals surface area contributed by atoms with E-state index in [1.165, 1.54) is 0 Å². The minimum Gasteiger partial charge on any atom is -0.491 e. The predicted octanol–water partition coefficient (Wildman–Crippen LogP) is 0.790. The van der Waals surface area contributed by atoms with E-state index < -0.39 is 5.92 Å². The molecule has 6 heteroatoms. The van der Waals surface area contributed by atoms with E-state index in [0.717, 1.165) is 11.3 Å². The third-order valence-electron chi connectivity index (χ3n) is 3.19. The number of amides is 1. The molecule has 1 aliphatic heterocycles. The van der Waals surface area contributed by atoms with E-state index in [1.54, 1.807) is 11.8 Å². The van der Waals surface area contributed by atoms with E-state index in [1.807, 2.05) is 24.3 Å². The van der Waals surface area contributed by atoms with Gasteiger partial charge in [0.2, 0.25) is 5.91 Å². The van der Waals surface area contributed by atoms with Gasteiger partial charge >= 0.3 is 0 Å². The number of oxime groups is 1. The molecule has 19 heavy (non-hydrogen) atoms. The van der Waals surface area contributed by atoms with Crippen LogP contribution in [0.25, 0.3) is 0 Å². The number of ether oxygens (including phenoxy) is 1. The van der Waals surface area contributed by atoms with E-state index in [0.29, 0.717) is 19.7 Å². The molecule has 0 radical (unpaired) electrons. The van der Waals surface area contributed by atoms with Gasteiger partial charge in [0.15, 0.2) is 5.84 Å². The summed E-state index contributed by atoms with van der Waals surface area (Å²) >= 11 is 0. The molecule has 1 unspecified atom stereocenters. The SMILES string of the molecule is CC(C(=O)N1CCOc2ccccc2C1)C(N)=NO. The number of amidine groups is 1. The van der Waals surface area contributed by atoms with Crippen LogP contribution in [-0.4, -0.2) is 35.0 Å². The Labute approximate surface area is 111 Å². The Morgan fingerprint density at radius 2 is 2.26 bits per heavy atom. The summed E-state index contributed by atoms with van der Waals surface area (Å²) in [4.78, 5) is 13.9. The van der Waals surface area contributed by atoms with E-state index in [4.69, 9.17) is 15.7 Å². The molecular formula is C13H17N3O3. The molecule has 0 bridgehead atoms. The number of para-hydroxylation sites is 1. The van der Waals surface area contributed by atoms with Crippen LogP contribution in [0.4, 0.5) is 0 Å². The molecule has 1 amide bonds. The molecular weight excluding hydrogens is 246 g/mol. The third kappa shape index (κ3) is 2.78. The average molecular weight is 263 g/mol. The molecule has 2 rings (SSSR count). The molecule has 1 aromatic carbocycles. The van der Waals surface area contributed by atoms with Gasteiger partial charge in [0.25, 0.3) is 0 Å². The van der Waals surface area contributed by atoms with Crippen molar-refractivity contribution in [2.75, 3.05) is 13.2 Å². The summed E-state index contributed by atoms with van der Waals surface area (Å²) in [7, 11) is 0. The summed E-state index contributed by atoms with van der Waals surface area (Å²) in [6.45, 7) is 3.01. The Morgan fingerprint density at radius 3 is 3.00 bits per heavy atom. The number of hydrogen-bond acceptors (Lipinski definition) is 4. The number of rotatable bonds is 2. The zero-order chi connectivity index (χ0) is 13.8. The summed E-state index contributed by atoms with van der Waals surface area (Å²) in [5.41, 5.74) is 6.44. The highest BCUT2D eigenvalue weighted by molar-refractivity contribution is 6.01. The molecule has 1 aliphatic rings. The maximum Gasteiger partial charge on any atom is 0.233 e. The summed E-state index contributed by atoms with van der Waals surface area (Å²) in [6, 6.07) is 7.61. The molecule has 0 saturated heterocycles. The van der Waals surface area contributed by atoms with Crippen molar-refractivity contribution in [3.05, 3.63) is 29.8 Å². The van der Waals surface area contributed by atoms with Crippen LogP contribution in [0.3, 0.4) is 0 Å². The first-order valence-electron chi connectivity index (χ1n) is 6.10. The number of nitrogens with two attached hydrogens (primary N) is 1. The molecule has 1 atom stereocenters. The lowest BCUT2D eigenvalue weighted by atomic mass is 10.1. The van der Waals surface area contributed by atoms with Gasteiger partial charge in [0, 0.05) is 12.1 Å². The van der Waals surface area contributed by atoms with E-state index >= 15 is 0 Å². The molecule has 1 aromatic rings. The minimum atomic E-state index is -0.643. The van der Waals surface area contributed by atoms with Crippen molar-refractivity contribution in [1.82, 2.24) is 4.90 Å². The number of benzene rings is 1. The second-order valence-electron chi connectivity index (χ2n) is 4.46. The van der Waals surface area contributed by atoms with Crippen LogP contribution >= 0.6 is 0 Å². The number of nitrogens with zero attached hydrogens (tertiary/aromatic N) is 2. The fourth-order valence-electron chi connectivity index (χ4n) is 2.00. The van der Waals surface area contributed by atoms with Gasteiger partial charge in [0.1, 0.15) is 12.4 Å². The molecule has 0 fully saturated rings. The average Bonchev–Trinajstić information content (AvgIpc) is 2.66. The maximum absolute atomic E-state index is 12.3. The Hall–Kier alpha value is -2.24. The van der Waals surface area contributed by atoms with Crippen molar-refractivity contribution in [2.24, 2.45) is 16.8 Å². The molecule has 0 aliphatic carbocycles. The van der Waals surface area contributed by atoms with E-state index in [2.05, 4.69) is 5.16 Å². The van der Waals surface area contributed by atoms with Crippen LogP contribution in [-0.2, 0) is 11.3 Å². The fraction of sp³-hybridized carbons (Fsp3) is 0.385. The molecule has 1 heterocycles. The largest absolute Gasteiger partial charge is 0.491 e. The molecule has 0 aromatic heterocycles. The number of carbonyl (C=O) groups excluding carboxylic acids is 1. The van der Waals surface area contributed by atoms with Crippen molar-refractivity contribution in [1.29, 1.82) is 0 Å². The summed E-state index contributed by atoms with van der Waals surface area (Å²) in [5.74, 6) is -0.0939. The van der Waals surface area contributed by atoms with Gasteiger partial charge in [-0.25, -0.2) is 0 Å². The van der Waals surface area contributed by atoms with Crippen LogP contribution in [0.5, 0.6) is 5.75 Å². The van der Waals surface area contributed by atoms with Crippen molar-refractivity contribution in [3.8, 4) is 5.75 Å². The smallest absolute Gasteiger partial charge is 0.233 e. The highest BCUT2D eigenvalue weighted by Crippen LogP contribution is 2.23. The second-order valence-corrected chi connectivity index (χ2v) is 4.46. The topological polar surface area (TPSA) is 88.2 Å². The molecule has 3 N–H and O–H groups in total. The zero-order valence-electron chi connectivity index (χ0n) is 10.7. The predicted molar refractivity (Wildman–Crippen MR) is 69.9 cm³/mol. The summed E-state index contributed by atoms with van der Waals surface area (Å²) in [5, 5.41) is 11.5. The van der Waals surface area contributed by atoms with Gasteiger partial charge in [-0.3, -0.25) is 4.79 Å². The zero-order valence-corrected chi connectivity index (χ0v) is 10.7. The lowest BCUT2D eigenvalue weighted by Gasteiger charge is -2.23. The van der Waals surface area contributed by atoms with Crippen LogP contribution in [0.2, 0.25) is 0 Å². The number of fused-ring (bicyclic) bond motifs is 1. The molecule has 0 spiro atoms. The van der Waals surface area contributed by atoms with Gasteiger partial charge in [0.05, 0.1) is 12.5 Å². The molecule has 0 saturated carbocycles. The first-order valence-corrected chi connectivity index (χ1v) is 6.10. The number of carbonyl (C=O) groups is 1. The van der Waals surface area contributed by atoms with Gasteiger partial charge in [-0.05, 0) is 13.0 Å². The Balaban J connectivity index is 2.16. The normalized spacial score (nSPS) is 17.1. The maximum atomic E-state index is 12.3.